The van der Waals surface area contributed by atoms with Crippen LogP contribution in [0.4, 0.5) is 5.69 Å². The zero-order chi connectivity index (χ0) is 34.0. The number of hydrogen-bond acceptors (Lipinski definition) is 6. The van der Waals surface area contributed by atoms with Gasteiger partial charge in [-0.3, -0.25) is 13.9 Å². The van der Waals surface area contributed by atoms with Crippen molar-refractivity contribution in [3.8, 4) is 11.5 Å². The molecule has 9 nitrogen and oxygen atoms in total. The molecule has 0 fully saturated rings. The lowest BCUT2D eigenvalue weighted by atomic mass is 10.0. The van der Waals surface area contributed by atoms with Gasteiger partial charge in [0.25, 0.3) is 10.0 Å². The van der Waals surface area contributed by atoms with Crippen LogP contribution in [0.15, 0.2) is 112 Å². The highest BCUT2D eigenvalue weighted by atomic mass is 79.9. The molecule has 4 rings (SSSR count). The molecule has 0 aromatic heterocycles. The molecule has 0 aliphatic carbocycles. The van der Waals surface area contributed by atoms with E-state index in [1.54, 1.807) is 36.4 Å². The average Bonchev–Trinajstić information content (AvgIpc) is 3.08. The first kappa shape index (κ1) is 35.5. The highest BCUT2D eigenvalue weighted by Crippen LogP contribution is 2.33. The quantitative estimate of drug-likeness (QED) is 0.156. The Bertz CT molecular complexity index is 1750. The average molecular weight is 723 g/mol. The molecule has 11 heteroatoms. The van der Waals surface area contributed by atoms with E-state index in [2.05, 4.69) is 21.2 Å². The van der Waals surface area contributed by atoms with E-state index >= 15 is 0 Å². The van der Waals surface area contributed by atoms with Crippen molar-refractivity contribution in [3.05, 3.63) is 119 Å². The van der Waals surface area contributed by atoms with E-state index in [0.29, 0.717) is 12.2 Å². The third-order valence-corrected chi connectivity index (χ3v) is 10.1. The maximum atomic E-state index is 14.7. The van der Waals surface area contributed by atoms with E-state index in [1.165, 1.54) is 31.3 Å². The lowest BCUT2D eigenvalue weighted by molar-refractivity contribution is -0.140. The molecule has 0 spiro atoms. The van der Waals surface area contributed by atoms with Crippen LogP contribution in [0.3, 0.4) is 0 Å². The molecule has 4 aromatic carbocycles. The monoisotopic (exact) mass is 721 g/mol. The van der Waals surface area contributed by atoms with Gasteiger partial charge < -0.3 is 19.7 Å². The van der Waals surface area contributed by atoms with Gasteiger partial charge >= 0.3 is 0 Å². The van der Waals surface area contributed by atoms with Crippen molar-refractivity contribution in [1.29, 1.82) is 0 Å². The van der Waals surface area contributed by atoms with E-state index < -0.39 is 28.5 Å². The first-order valence-corrected chi connectivity index (χ1v) is 17.5. The normalized spacial score (nSPS) is 12.4. The number of methoxy groups -OCH3 is 2. The highest BCUT2D eigenvalue weighted by Gasteiger charge is 2.35. The Hall–Kier alpha value is -4.35. The Morgan fingerprint density at radius 2 is 1.51 bits per heavy atom. The lowest BCUT2D eigenvalue weighted by Gasteiger charge is -2.34. The largest absolute Gasteiger partial charge is 0.497 e. The van der Waals surface area contributed by atoms with Crippen LogP contribution >= 0.6 is 15.9 Å². The summed E-state index contributed by atoms with van der Waals surface area (Å²) >= 11 is 3.51. The summed E-state index contributed by atoms with van der Waals surface area (Å²) in [6.07, 6.45) is 0.924. The van der Waals surface area contributed by atoms with E-state index in [0.717, 1.165) is 19.9 Å². The molecule has 248 valence electrons. The second-order valence-corrected chi connectivity index (χ2v) is 13.8. The van der Waals surface area contributed by atoms with E-state index in [-0.39, 0.29) is 41.2 Å². The maximum absolute atomic E-state index is 14.7. The summed E-state index contributed by atoms with van der Waals surface area (Å²) in [7, 11) is -1.37. The van der Waals surface area contributed by atoms with Gasteiger partial charge in [0.1, 0.15) is 24.1 Å². The molecule has 0 aliphatic heterocycles. The Labute approximate surface area is 285 Å². The van der Waals surface area contributed by atoms with Crippen molar-refractivity contribution in [3.63, 3.8) is 0 Å². The third-order valence-electron chi connectivity index (χ3n) is 7.79. The molecule has 0 saturated carbocycles. The number of rotatable bonds is 15. The number of carbonyl (C=O) groups is 2. The molecule has 2 atom stereocenters. The summed E-state index contributed by atoms with van der Waals surface area (Å²) in [5, 5.41) is 3.05. The third kappa shape index (κ3) is 9.14. The molecule has 0 heterocycles. The molecular weight excluding hydrogens is 682 g/mol. The number of amides is 2. The van der Waals surface area contributed by atoms with Crippen LogP contribution in [0.2, 0.25) is 0 Å². The second-order valence-electron chi connectivity index (χ2n) is 11.0. The van der Waals surface area contributed by atoms with Crippen molar-refractivity contribution in [1.82, 2.24) is 10.2 Å². The van der Waals surface area contributed by atoms with Crippen LogP contribution in [0.5, 0.6) is 11.5 Å². The number of hydrogen-bond donors (Lipinski definition) is 1. The van der Waals surface area contributed by atoms with E-state index in [1.807, 2.05) is 68.4 Å². The summed E-state index contributed by atoms with van der Waals surface area (Å²) in [5.74, 6) is -0.131. The fourth-order valence-electron chi connectivity index (χ4n) is 5.05. The van der Waals surface area contributed by atoms with Gasteiger partial charge in [-0.2, -0.15) is 0 Å². The van der Waals surface area contributed by atoms with E-state index in [4.69, 9.17) is 9.47 Å². The van der Waals surface area contributed by atoms with Crippen molar-refractivity contribution in [2.24, 2.45) is 0 Å². The Balaban J connectivity index is 1.84. The molecule has 2 amide bonds. The van der Waals surface area contributed by atoms with Crippen molar-refractivity contribution < 1.29 is 27.5 Å². The van der Waals surface area contributed by atoms with Crippen LogP contribution in [-0.2, 0) is 32.6 Å². The fraction of sp³-hybridized carbons (Fsp3) is 0.278. The van der Waals surface area contributed by atoms with Crippen LogP contribution in [-0.4, -0.2) is 58.0 Å². The van der Waals surface area contributed by atoms with Gasteiger partial charge in [-0.15, -0.1) is 0 Å². The summed E-state index contributed by atoms with van der Waals surface area (Å²) in [4.78, 5) is 30.1. The smallest absolute Gasteiger partial charge is 0.264 e. The molecule has 0 aliphatic rings. The van der Waals surface area contributed by atoms with Gasteiger partial charge in [-0.1, -0.05) is 77.5 Å². The summed E-state index contributed by atoms with van der Waals surface area (Å²) in [6, 6.07) is 28.4. The number of nitrogens with zero attached hydrogens (tertiary/aromatic N) is 2. The number of sulfonamides is 1. The minimum Gasteiger partial charge on any atom is -0.497 e. The number of ether oxygens (including phenoxy) is 2. The summed E-state index contributed by atoms with van der Waals surface area (Å²) in [5.41, 5.74) is 1.81. The zero-order valence-electron chi connectivity index (χ0n) is 26.9. The Morgan fingerprint density at radius 3 is 2.15 bits per heavy atom. The fourth-order valence-corrected chi connectivity index (χ4v) is 6.92. The van der Waals surface area contributed by atoms with Gasteiger partial charge in [0.2, 0.25) is 11.8 Å². The lowest BCUT2D eigenvalue weighted by Crippen LogP contribution is -2.54. The number of halogens is 1. The Kier molecular flexibility index (Phi) is 12.4. The standard InChI is InChI=1S/C36H40BrN3O6S/c1-5-26(2)38-36(42)33(23-27-12-7-6-8-13-27)39(24-28-14-11-15-29(37)22-28)35(41)25-40(32-16-9-10-17-34(32)46-4)47(43,44)31-20-18-30(45-3)19-21-31/h6-22,26,33H,5,23-25H2,1-4H3,(H,38,42)/t26-,33-/m0/s1. The molecule has 0 unspecified atom stereocenters. The maximum Gasteiger partial charge on any atom is 0.264 e. The molecule has 0 radical (unpaired) electrons. The van der Waals surface area contributed by atoms with Gasteiger partial charge in [0, 0.05) is 23.5 Å². The molecule has 47 heavy (non-hydrogen) atoms. The van der Waals surface area contributed by atoms with Crippen LogP contribution < -0.4 is 19.1 Å². The first-order chi connectivity index (χ1) is 22.6. The van der Waals surface area contributed by atoms with Crippen molar-refractivity contribution in [2.45, 2.75) is 50.2 Å². The second kappa shape index (κ2) is 16.5. The molecular formula is C36H40BrN3O6S. The minimum atomic E-state index is -4.31. The topological polar surface area (TPSA) is 105 Å². The van der Waals surface area contributed by atoms with Gasteiger partial charge in [-0.05, 0) is 73.0 Å². The number of benzene rings is 4. The van der Waals surface area contributed by atoms with Crippen molar-refractivity contribution >= 4 is 43.5 Å². The predicted molar refractivity (Wildman–Crippen MR) is 187 cm³/mol. The van der Waals surface area contributed by atoms with E-state index in [9.17, 15) is 18.0 Å². The van der Waals surface area contributed by atoms with Gasteiger partial charge in [0.15, 0.2) is 0 Å². The van der Waals surface area contributed by atoms with Crippen LogP contribution in [0.1, 0.15) is 31.4 Å². The highest BCUT2D eigenvalue weighted by molar-refractivity contribution is 9.10. The SMILES string of the molecule is CC[C@H](C)NC(=O)[C@H](Cc1ccccc1)N(Cc1cccc(Br)c1)C(=O)CN(c1ccccc1OC)S(=O)(=O)c1ccc(OC)cc1. The van der Waals surface area contributed by atoms with Crippen LogP contribution in [0, 0.1) is 0 Å². The number of nitrogens with one attached hydrogen (secondary N) is 1. The zero-order valence-corrected chi connectivity index (χ0v) is 29.3. The predicted octanol–water partition coefficient (Wildman–Crippen LogP) is 6.22. The number of carbonyl (C=O) groups excluding carboxylic acids is 2. The number of anilines is 1. The summed E-state index contributed by atoms with van der Waals surface area (Å²) in [6.45, 7) is 3.34. The number of para-hydroxylation sites is 2. The first-order valence-electron chi connectivity index (χ1n) is 15.2. The van der Waals surface area contributed by atoms with Crippen molar-refractivity contribution in [2.75, 3.05) is 25.1 Å². The minimum absolute atomic E-state index is 0.0362. The molecule has 0 saturated heterocycles. The molecule has 0 bridgehead atoms. The molecule has 4 aromatic rings. The van der Waals surface area contributed by atoms with Gasteiger partial charge in [-0.25, -0.2) is 8.42 Å². The van der Waals surface area contributed by atoms with Gasteiger partial charge in [0.05, 0.1) is 24.8 Å². The Morgan fingerprint density at radius 1 is 0.851 bits per heavy atom. The van der Waals surface area contributed by atoms with Crippen LogP contribution in [0.25, 0.3) is 0 Å². The molecule has 1 N–H and O–H groups in total. The summed E-state index contributed by atoms with van der Waals surface area (Å²) < 4.78 is 41.2.